The summed E-state index contributed by atoms with van der Waals surface area (Å²) < 4.78 is 40.7. The van der Waals surface area contributed by atoms with Gasteiger partial charge >= 0.3 is 0 Å². The predicted octanol–water partition coefficient (Wildman–Crippen LogP) is 6.93. The molecule has 35 heavy (non-hydrogen) atoms. The van der Waals surface area contributed by atoms with Crippen molar-refractivity contribution in [2.24, 2.45) is 0 Å². The molecule has 0 saturated carbocycles. The standard InChI is InChI=1S/C25H28ClN3O4SSi/c1-25(2,3)35(4,5)33-17-20-14-21(26)7-9-23(20)29(24-11-13-32-28-24)34(30,31)22-8-6-19-16-27-12-10-18(19)15-22/h6-16H,17H2,1-5H3. The first-order valence-corrected chi connectivity index (χ1v) is 15.8. The van der Waals surface area contributed by atoms with Crippen LogP contribution >= 0.6 is 11.6 Å². The van der Waals surface area contributed by atoms with Crippen molar-refractivity contribution in [3.05, 3.63) is 77.8 Å². The molecule has 10 heteroatoms. The second-order valence-electron chi connectivity index (χ2n) is 9.83. The van der Waals surface area contributed by atoms with Crippen molar-refractivity contribution >= 4 is 52.2 Å². The number of fused-ring (bicyclic) bond motifs is 1. The lowest BCUT2D eigenvalue weighted by Gasteiger charge is -2.36. The van der Waals surface area contributed by atoms with Gasteiger partial charge in [-0.2, -0.15) is 0 Å². The lowest BCUT2D eigenvalue weighted by molar-refractivity contribution is 0.277. The highest BCUT2D eigenvalue weighted by molar-refractivity contribution is 7.93. The maximum absolute atomic E-state index is 14.0. The number of hydrogen-bond acceptors (Lipinski definition) is 6. The van der Waals surface area contributed by atoms with Gasteiger partial charge in [0.05, 0.1) is 17.2 Å². The third-order valence-corrected chi connectivity index (χ3v) is 12.9. The van der Waals surface area contributed by atoms with Gasteiger partial charge in [0.25, 0.3) is 10.0 Å². The van der Waals surface area contributed by atoms with Crippen molar-refractivity contribution in [3.8, 4) is 0 Å². The SMILES string of the molecule is CC(C)(C)[Si](C)(C)OCc1cc(Cl)ccc1N(c1ccon1)S(=O)(=O)c1ccc2cnccc2c1. The Balaban J connectivity index is 1.83. The Morgan fingerprint density at radius 1 is 1.06 bits per heavy atom. The van der Waals surface area contributed by atoms with Crippen LogP contribution in [-0.4, -0.2) is 26.9 Å². The summed E-state index contributed by atoms with van der Waals surface area (Å²) in [6.45, 7) is 11.0. The van der Waals surface area contributed by atoms with E-state index in [4.69, 9.17) is 20.6 Å². The minimum Gasteiger partial charge on any atom is -0.412 e. The van der Waals surface area contributed by atoms with E-state index in [1.165, 1.54) is 16.6 Å². The highest BCUT2D eigenvalue weighted by Gasteiger charge is 2.38. The molecule has 0 bridgehead atoms. The van der Waals surface area contributed by atoms with Gasteiger partial charge in [-0.3, -0.25) is 4.98 Å². The van der Waals surface area contributed by atoms with Crippen LogP contribution in [0.15, 0.2) is 76.6 Å². The van der Waals surface area contributed by atoms with Gasteiger partial charge in [0.1, 0.15) is 6.26 Å². The molecule has 0 atom stereocenters. The molecule has 0 saturated heterocycles. The van der Waals surface area contributed by atoms with Crippen LogP contribution in [-0.2, 0) is 21.1 Å². The predicted molar refractivity (Wildman–Crippen MR) is 141 cm³/mol. The number of aromatic nitrogens is 2. The van der Waals surface area contributed by atoms with Gasteiger partial charge in [-0.25, -0.2) is 12.7 Å². The summed E-state index contributed by atoms with van der Waals surface area (Å²) in [5.74, 6) is 0.135. The van der Waals surface area contributed by atoms with Gasteiger partial charge < -0.3 is 8.95 Å². The van der Waals surface area contributed by atoms with E-state index in [0.29, 0.717) is 16.3 Å². The fourth-order valence-electron chi connectivity index (χ4n) is 3.36. The summed E-state index contributed by atoms with van der Waals surface area (Å²) in [5, 5.41) is 6.03. The van der Waals surface area contributed by atoms with E-state index in [1.807, 2.05) is 0 Å². The molecule has 0 amide bonds. The first-order chi connectivity index (χ1) is 16.4. The van der Waals surface area contributed by atoms with Crippen LogP contribution in [0.1, 0.15) is 26.3 Å². The first-order valence-electron chi connectivity index (χ1n) is 11.1. The van der Waals surface area contributed by atoms with Crippen molar-refractivity contribution in [1.29, 1.82) is 0 Å². The fraction of sp³-hybridized carbons (Fsp3) is 0.280. The van der Waals surface area contributed by atoms with Crippen molar-refractivity contribution in [2.45, 2.75) is 50.4 Å². The van der Waals surface area contributed by atoms with Crippen molar-refractivity contribution in [1.82, 2.24) is 10.1 Å². The zero-order valence-corrected chi connectivity index (χ0v) is 22.9. The third kappa shape index (κ3) is 5.13. The molecule has 4 aromatic rings. The van der Waals surface area contributed by atoms with E-state index in [1.54, 1.807) is 54.9 Å². The molecule has 0 aliphatic carbocycles. The summed E-state index contributed by atoms with van der Waals surface area (Å²) in [6, 6.07) is 13.3. The number of benzene rings is 2. The topological polar surface area (TPSA) is 85.5 Å². The molecule has 0 aliphatic heterocycles. The Labute approximate surface area is 211 Å². The lowest BCUT2D eigenvalue weighted by atomic mass is 10.2. The van der Waals surface area contributed by atoms with E-state index >= 15 is 0 Å². The van der Waals surface area contributed by atoms with Crippen LogP contribution in [0, 0.1) is 0 Å². The average molecular weight is 530 g/mol. The molecule has 2 aromatic heterocycles. The quantitative estimate of drug-likeness (QED) is 0.241. The Morgan fingerprint density at radius 3 is 2.51 bits per heavy atom. The molecule has 184 valence electrons. The van der Waals surface area contributed by atoms with Gasteiger partial charge in [-0.05, 0) is 59.9 Å². The van der Waals surface area contributed by atoms with Crippen LogP contribution in [0.2, 0.25) is 23.2 Å². The van der Waals surface area contributed by atoms with E-state index in [-0.39, 0.29) is 22.4 Å². The fourth-order valence-corrected chi connectivity index (χ4v) is 6.01. The normalized spacial score (nSPS) is 12.7. The summed E-state index contributed by atoms with van der Waals surface area (Å²) in [6.07, 6.45) is 4.66. The second-order valence-corrected chi connectivity index (χ2v) is 16.9. The van der Waals surface area contributed by atoms with Crippen LogP contribution in [0.25, 0.3) is 10.8 Å². The largest absolute Gasteiger partial charge is 0.412 e. The van der Waals surface area contributed by atoms with Crippen LogP contribution in [0.5, 0.6) is 0 Å². The molecule has 0 fully saturated rings. The molecule has 0 radical (unpaired) electrons. The number of sulfonamides is 1. The van der Waals surface area contributed by atoms with E-state index < -0.39 is 18.3 Å². The molecule has 0 aliphatic rings. The monoisotopic (exact) mass is 529 g/mol. The van der Waals surface area contributed by atoms with Crippen LogP contribution in [0.4, 0.5) is 11.5 Å². The van der Waals surface area contributed by atoms with E-state index in [9.17, 15) is 8.42 Å². The average Bonchev–Trinajstić information content (AvgIpc) is 3.32. The molecule has 2 aromatic carbocycles. The zero-order valence-electron chi connectivity index (χ0n) is 20.3. The molecular weight excluding hydrogens is 502 g/mol. The molecule has 0 N–H and O–H groups in total. The minimum atomic E-state index is -4.08. The molecule has 2 heterocycles. The highest BCUT2D eigenvalue weighted by atomic mass is 35.5. The van der Waals surface area contributed by atoms with Gasteiger partial charge in [-0.1, -0.05) is 43.6 Å². The molecule has 0 unspecified atom stereocenters. The summed E-state index contributed by atoms with van der Waals surface area (Å²) in [5.41, 5.74) is 1.04. The van der Waals surface area contributed by atoms with Crippen molar-refractivity contribution in [3.63, 3.8) is 0 Å². The Morgan fingerprint density at radius 2 is 1.83 bits per heavy atom. The van der Waals surface area contributed by atoms with Gasteiger partial charge in [0.15, 0.2) is 14.1 Å². The number of halogens is 1. The number of rotatable bonds is 7. The minimum absolute atomic E-state index is 0.0103. The summed E-state index contributed by atoms with van der Waals surface area (Å²) in [7, 11) is -6.20. The van der Waals surface area contributed by atoms with Crippen LogP contribution in [0.3, 0.4) is 0 Å². The maximum atomic E-state index is 14.0. The molecular formula is C25H28ClN3O4SSi. The third-order valence-electron chi connectivity index (χ3n) is 6.44. The molecule has 4 rings (SSSR count). The Bertz CT molecular complexity index is 1450. The Hall–Kier alpha value is -2.72. The zero-order chi connectivity index (χ0) is 25.4. The van der Waals surface area contributed by atoms with Crippen LogP contribution < -0.4 is 4.31 Å². The lowest BCUT2D eigenvalue weighted by Crippen LogP contribution is -2.40. The van der Waals surface area contributed by atoms with E-state index in [2.05, 4.69) is 44.0 Å². The smallest absolute Gasteiger partial charge is 0.270 e. The highest BCUT2D eigenvalue weighted by Crippen LogP contribution is 2.40. The second kappa shape index (κ2) is 9.38. The van der Waals surface area contributed by atoms with Crippen molar-refractivity contribution in [2.75, 3.05) is 4.31 Å². The number of anilines is 2. The van der Waals surface area contributed by atoms with Gasteiger partial charge in [0.2, 0.25) is 0 Å². The van der Waals surface area contributed by atoms with Gasteiger partial charge in [0, 0.05) is 34.4 Å². The number of pyridine rings is 1. The maximum Gasteiger partial charge on any atom is 0.270 e. The number of nitrogens with zero attached hydrogens (tertiary/aromatic N) is 3. The molecule has 7 nitrogen and oxygen atoms in total. The number of hydrogen-bond donors (Lipinski definition) is 0. The Kier molecular flexibility index (Phi) is 6.80. The summed E-state index contributed by atoms with van der Waals surface area (Å²) >= 11 is 6.33. The van der Waals surface area contributed by atoms with Gasteiger partial charge in [-0.15, -0.1) is 0 Å². The summed E-state index contributed by atoms with van der Waals surface area (Å²) in [4.78, 5) is 4.22. The van der Waals surface area contributed by atoms with E-state index in [0.717, 1.165) is 10.8 Å². The van der Waals surface area contributed by atoms with Crippen molar-refractivity contribution < 1.29 is 17.4 Å². The molecule has 0 spiro atoms. The first kappa shape index (κ1) is 25.4.